The van der Waals surface area contributed by atoms with Gasteiger partial charge in [0.2, 0.25) is 0 Å². The summed E-state index contributed by atoms with van der Waals surface area (Å²) < 4.78 is 11.7. The predicted molar refractivity (Wildman–Crippen MR) is 85.5 cm³/mol. The third kappa shape index (κ3) is 3.58. The van der Waals surface area contributed by atoms with E-state index in [1.165, 1.54) is 4.88 Å². The highest BCUT2D eigenvalue weighted by Crippen LogP contribution is 2.33. The van der Waals surface area contributed by atoms with Crippen molar-refractivity contribution in [3.63, 3.8) is 0 Å². The molecule has 1 unspecified atom stereocenters. The van der Waals surface area contributed by atoms with E-state index in [2.05, 4.69) is 12.2 Å². The number of ether oxygens (including phenoxy) is 2. The topological polar surface area (TPSA) is 30.5 Å². The molecule has 0 saturated carbocycles. The van der Waals surface area contributed by atoms with Crippen LogP contribution in [-0.4, -0.2) is 13.7 Å². The minimum absolute atomic E-state index is 0.190. The van der Waals surface area contributed by atoms with Gasteiger partial charge in [-0.25, -0.2) is 0 Å². The first-order valence-corrected chi connectivity index (χ1v) is 7.66. The van der Waals surface area contributed by atoms with Gasteiger partial charge < -0.3 is 14.8 Å². The number of nitrogens with one attached hydrogen (secondary N) is 1. The van der Waals surface area contributed by atoms with Crippen LogP contribution in [0.25, 0.3) is 0 Å². The largest absolute Gasteiger partial charge is 0.493 e. The summed E-state index contributed by atoms with van der Waals surface area (Å²) in [7, 11) is 1.64. The Balaban J connectivity index is 2.14. The molecule has 108 valence electrons. The fourth-order valence-electron chi connectivity index (χ4n) is 1.92. The van der Waals surface area contributed by atoms with Crippen molar-refractivity contribution < 1.29 is 9.47 Å². The van der Waals surface area contributed by atoms with Crippen LogP contribution in [-0.2, 0) is 0 Å². The number of hydrogen-bond acceptors (Lipinski definition) is 4. The average molecular weight is 312 g/mol. The van der Waals surface area contributed by atoms with Crippen LogP contribution in [0, 0.1) is 0 Å². The molecule has 20 heavy (non-hydrogen) atoms. The van der Waals surface area contributed by atoms with Crippen molar-refractivity contribution in [3.05, 3.63) is 39.5 Å². The van der Waals surface area contributed by atoms with Crippen LogP contribution < -0.4 is 14.8 Å². The molecule has 0 aliphatic carbocycles. The van der Waals surface area contributed by atoms with Gasteiger partial charge in [0.1, 0.15) is 0 Å². The lowest BCUT2D eigenvalue weighted by atomic mass is 10.2. The Labute approximate surface area is 128 Å². The molecule has 0 saturated heterocycles. The first-order chi connectivity index (χ1) is 9.63. The van der Waals surface area contributed by atoms with Gasteiger partial charge in [0, 0.05) is 16.6 Å². The van der Waals surface area contributed by atoms with Crippen LogP contribution in [0.15, 0.2) is 30.3 Å². The maximum Gasteiger partial charge on any atom is 0.163 e. The summed E-state index contributed by atoms with van der Waals surface area (Å²) in [5.41, 5.74) is 0.992. The van der Waals surface area contributed by atoms with Gasteiger partial charge in [-0.15, -0.1) is 11.3 Å². The second kappa shape index (κ2) is 6.86. The highest BCUT2D eigenvalue weighted by Gasteiger charge is 2.10. The normalized spacial score (nSPS) is 12.0. The molecule has 2 aromatic rings. The Kier molecular flexibility index (Phi) is 5.15. The van der Waals surface area contributed by atoms with Crippen molar-refractivity contribution in [2.75, 3.05) is 19.0 Å². The molecule has 0 bridgehead atoms. The summed E-state index contributed by atoms with van der Waals surface area (Å²) in [5, 5.41) is 3.44. The summed E-state index contributed by atoms with van der Waals surface area (Å²) in [6, 6.07) is 9.98. The van der Waals surface area contributed by atoms with Crippen molar-refractivity contribution >= 4 is 28.6 Å². The fraction of sp³-hybridized carbons (Fsp3) is 0.333. The van der Waals surface area contributed by atoms with Crippen LogP contribution in [0.3, 0.4) is 0 Å². The van der Waals surface area contributed by atoms with Gasteiger partial charge in [0.25, 0.3) is 0 Å². The minimum atomic E-state index is 0.190. The molecule has 0 spiro atoms. The number of rotatable bonds is 6. The third-order valence-electron chi connectivity index (χ3n) is 2.87. The number of anilines is 1. The first-order valence-electron chi connectivity index (χ1n) is 6.46. The van der Waals surface area contributed by atoms with E-state index in [-0.39, 0.29) is 6.04 Å². The molecule has 1 aromatic carbocycles. The molecule has 2 rings (SSSR count). The van der Waals surface area contributed by atoms with Crippen molar-refractivity contribution in [3.8, 4) is 11.5 Å². The Morgan fingerprint density at radius 2 is 2.05 bits per heavy atom. The van der Waals surface area contributed by atoms with E-state index in [0.717, 1.165) is 21.5 Å². The predicted octanol–water partition coefficient (Wildman–Crippen LogP) is 4.98. The molecule has 1 atom stereocenters. The van der Waals surface area contributed by atoms with Gasteiger partial charge in [0.05, 0.1) is 24.1 Å². The molecule has 1 heterocycles. The van der Waals surface area contributed by atoms with Crippen LogP contribution in [0.4, 0.5) is 5.69 Å². The zero-order valence-electron chi connectivity index (χ0n) is 11.8. The van der Waals surface area contributed by atoms with Crippen molar-refractivity contribution in [1.29, 1.82) is 0 Å². The van der Waals surface area contributed by atoms with Crippen molar-refractivity contribution in [2.45, 2.75) is 19.9 Å². The summed E-state index contributed by atoms with van der Waals surface area (Å²) in [6.07, 6.45) is 0. The van der Waals surface area contributed by atoms with E-state index in [4.69, 9.17) is 21.1 Å². The molecule has 0 amide bonds. The highest BCUT2D eigenvalue weighted by molar-refractivity contribution is 7.16. The zero-order valence-corrected chi connectivity index (χ0v) is 13.3. The molecule has 5 heteroatoms. The van der Waals surface area contributed by atoms with Crippen LogP contribution in [0.2, 0.25) is 4.34 Å². The van der Waals surface area contributed by atoms with Crippen LogP contribution in [0.1, 0.15) is 24.8 Å². The smallest absolute Gasteiger partial charge is 0.163 e. The second-order valence-corrected chi connectivity index (χ2v) is 6.05. The Morgan fingerprint density at radius 3 is 2.65 bits per heavy atom. The molecule has 1 aromatic heterocycles. The Morgan fingerprint density at radius 1 is 1.25 bits per heavy atom. The van der Waals surface area contributed by atoms with Gasteiger partial charge >= 0.3 is 0 Å². The van der Waals surface area contributed by atoms with Gasteiger partial charge in [-0.2, -0.15) is 0 Å². The Bertz CT molecular complexity index is 571. The third-order valence-corrected chi connectivity index (χ3v) is 4.28. The van der Waals surface area contributed by atoms with Gasteiger partial charge in [-0.3, -0.25) is 0 Å². The summed E-state index contributed by atoms with van der Waals surface area (Å²) in [4.78, 5) is 1.20. The molecule has 0 aliphatic rings. The fourth-order valence-corrected chi connectivity index (χ4v) is 2.98. The summed E-state index contributed by atoms with van der Waals surface area (Å²) in [5.74, 6) is 1.49. The summed E-state index contributed by atoms with van der Waals surface area (Å²) >= 11 is 7.55. The van der Waals surface area contributed by atoms with Crippen molar-refractivity contribution in [2.24, 2.45) is 0 Å². The van der Waals surface area contributed by atoms with Gasteiger partial charge in [-0.05, 0) is 38.1 Å². The maximum absolute atomic E-state index is 5.97. The van der Waals surface area contributed by atoms with E-state index < -0.39 is 0 Å². The number of halogens is 1. The second-order valence-electron chi connectivity index (χ2n) is 4.31. The minimum Gasteiger partial charge on any atom is -0.493 e. The standard InChI is InChI=1S/C15H18ClNO2S/c1-4-19-13-9-11(5-6-12(13)18-3)17-10(2)14-7-8-15(16)20-14/h5-10,17H,4H2,1-3H3. The molecular formula is C15H18ClNO2S. The lowest BCUT2D eigenvalue weighted by molar-refractivity contribution is 0.311. The average Bonchev–Trinajstić information content (AvgIpc) is 2.86. The van der Waals surface area contributed by atoms with Gasteiger partial charge in [-0.1, -0.05) is 11.6 Å². The van der Waals surface area contributed by atoms with E-state index in [0.29, 0.717) is 6.61 Å². The lowest BCUT2D eigenvalue weighted by Gasteiger charge is -2.16. The van der Waals surface area contributed by atoms with Gasteiger partial charge in [0.15, 0.2) is 11.5 Å². The monoisotopic (exact) mass is 311 g/mol. The zero-order chi connectivity index (χ0) is 14.5. The van der Waals surface area contributed by atoms with E-state index >= 15 is 0 Å². The number of methoxy groups -OCH3 is 1. The summed E-state index contributed by atoms with van der Waals surface area (Å²) in [6.45, 7) is 4.67. The molecule has 0 fully saturated rings. The van der Waals surface area contributed by atoms with Crippen molar-refractivity contribution in [1.82, 2.24) is 0 Å². The SMILES string of the molecule is CCOc1cc(NC(C)c2ccc(Cl)s2)ccc1OC. The highest BCUT2D eigenvalue weighted by atomic mass is 35.5. The lowest BCUT2D eigenvalue weighted by Crippen LogP contribution is -2.05. The molecule has 3 nitrogen and oxygen atoms in total. The number of benzene rings is 1. The van der Waals surface area contributed by atoms with Crippen LogP contribution >= 0.6 is 22.9 Å². The quantitative estimate of drug-likeness (QED) is 0.816. The molecular weight excluding hydrogens is 294 g/mol. The van der Waals surface area contributed by atoms with E-state index in [1.54, 1.807) is 18.4 Å². The van der Waals surface area contributed by atoms with E-state index in [1.807, 2.05) is 37.3 Å². The Hall–Kier alpha value is -1.39. The first kappa shape index (κ1) is 15.0. The number of thiophene rings is 1. The maximum atomic E-state index is 5.97. The molecule has 0 aliphatic heterocycles. The number of hydrogen-bond donors (Lipinski definition) is 1. The van der Waals surface area contributed by atoms with Crippen LogP contribution in [0.5, 0.6) is 11.5 Å². The molecule has 1 N–H and O–H groups in total. The molecule has 0 radical (unpaired) electrons. The van der Waals surface area contributed by atoms with E-state index in [9.17, 15) is 0 Å².